The molecule has 0 atom stereocenters. The summed E-state index contributed by atoms with van der Waals surface area (Å²) in [6, 6.07) is 25.6. The van der Waals surface area contributed by atoms with Crippen LogP contribution in [-0.4, -0.2) is 17.5 Å². The summed E-state index contributed by atoms with van der Waals surface area (Å²) in [5.74, 6) is -0.485. The lowest BCUT2D eigenvalue weighted by atomic mass is 10.1. The van der Waals surface area contributed by atoms with E-state index in [1.807, 2.05) is 48.5 Å². The van der Waals surface area contributed by atoms with Gasteiger partial charge in [0.2, 0.25) is 0 Å². The first-order valence-corrected chi connectivity index (χ1v) is 10.1. The average molecular weight is 399 g/mol. The Kier molecular flexibility index (Phi) is 7.50. The summed E-state index contributed by atoms with van der Waals surface area (Å²) >= 11 is 0. The van der Waals surface area contributed by atoms with Gasteiger partial charge in [0.05, 0.1) is 5.71 Å². The molecule has 3 aromatic carbocycles. The van der Waals surface area contributed by atoms with Crippen molar-refractivity contribution in [1.29, 1.82) is 0 Å². The van der Waals surface area contributed by atoms with Crippen LogP contribution in [-0.2, 0) is 0 Å². The van der Waals surface area contributed by atoms with Gasteiger partial charge in [-0.3, -0.25) is 9.59 Å². The van der Waals surface area contributed by atoms with Gasteiger partial charge in [0.25, 0.3) is 11.8 Å². The number of anilines is 1. The number of hydrazone groups is 1. The molecule has 3 aromatic rings. The van der Waals surface area contributed by atoms with Gasteiger partial charge in [-0.25, -0.2) is 5.43 Å². The summed E-state index contributed by atoms with van der Waals surface area (Å²) in [4.78, 5) is 24.7. The monoisotopic (exact) mass is 399 g/mol. The first-order valence-electron chi connectivity index (χ1n) is 10.1. The topological polar surface area (TPSA) is 70.6 Å². The van der Waals surface area contributed by atoms with Gasteiger partial charge in [-0.2, -0.15) is 5.10 Å². The zero-order valence-corrected chi connectivity index (χ0v) is 17.0. The molecule has 0 aliphatic rings. The highest BCUT2D eigenvalue weighted by Gasteiger charge is 2.09. The van der Waals surface area contributed by atoms with Gasteiger partial charge < -0.3 is 5.32 Å². The fourth-order valence-corrected chi connectivity index (χ4v) is 2.92. The Morgan fingerprint density at radius 1 is 0.733 bits per heavy atom. The number of hydrogen-bond acceptors (Lipinski definition) is 3. The third-order valence-corrected chi connectivity index (χ3v) is 4.61. The molecule has 0 heterocycles. The lowest BCUT2D eigenvalue weighted by molar-refractivity contribution is 0.0954. The second kappa shape index (κ2) is 10.7. The van der Waals surface area contributed by atoms with Crippen LogP contribution in [0.25, 0.3) is 0 Å². The number of carbonyl (C=O) groups is 2. The fourth-order valence-electron chi connectivity index (χ4n) is 2.92. The van der Waals surface area contributed by atoms with Gasteiger partial charge in [-0.1, -0.05) is 61.9 Å². The number of nitrogens with one attached hydrogen (secondary N) is 2. The van der Waals surface area contributed by atoms with E-state index < -0.39 is 0 Å². The standard InChI is InChI=1S/C25H25N3O2/c1-2-3-14-23(19-10-6-4-7-11-19)27-28-25(30)21-15-17-22(18-16-21)26-24(29)20-12-8-5-9-13-20/h4-13,15-18H,2-3,14H2,1H3,(H,26,29)(H,28,30). The normalized spacial score (nSPS) is 11.0. The molecule has 5 nitrogen and oxygen atoms in total. The Bertz CT molecular complexity index is 998. The summed E-state index contributed by atoms with van der Waals surface area (Å²) in [5.41, 5.74) is 6.19. The highest BCUT2D eigenvalue weighted by atomic mass is 16.2. The van der Waals surface area contributed by atoms with Crippen LogP contribution < -0.4 is 10.7 Å². The van der Waals surface area contributed by atoms with Crippen molar-refractivity contribution in [3.8, 4) is 0 Å². The fraction of sp³-hybridized carbons (Fsp3) is 0.160. The SMILES string of the molecule is CCCCC(=NNC(=O)c1ccc(NC(=O)c2ccccc2)cc1)c1ccccc1. The lowest BCUT2D eigenvalue weighted by Crippen LogP contribution is -2.20. The van der Waals surface area contributed by atoms with Gasteiger partial charge in [0.1, 0.15) is 0 Å². The zero-order valence-electron chi connectivity index (χ0n) is 17.0. The summed E-state index contributed by atoms with van der Waals surface area (Å²) in [5, 5.41) is 7.19. The lowest BCUT2D eigenvalue weighted by Gasteiger charge is -2.08. The molecule has 0 aromatic heterocycles. The summed E-state index contributed by atoms with van der Waals surface area (Å²) in [6.45, 7) is 2.12. The molecule has 0 saturated heterocycles. The predicted octanol–water partition coefficient (Wildman–Crippen LogP) is 5.26. The number of unbranched alkanes of at least 4 members (excludes halogenated alkanes) is 1. The molecule has 0 fully saturated rings. The van der Waals surface area contributed by atoms with Crippen molar-refractivity contribution < 1.29 is 9.59 Å². The molecule has 0 aliphatic heterocycles. The van der Waals surface area contributed by atoms with Crippen LogP contribution in [0.2, 0.25) is 0 Å². The highest BCUT2D eigenvalue weighted by molar-refractivity contribution is 6.05. The molecule has 2 N–H and O–H groups in total. The van der Waals surface area contributed by atoms with Crippen molar-refractivity contribution in [2.45, 2.75) is 26.2 Å². The number of nitrogens with zero attached hydrogens (tertiary/aromatic N) is 1. The maximum atomic E-state index is 12.5. The molecular weight excluding hydrogens is 374 g/mol. The maximum absolute atomic E-state index is 12.5. The minimum atomic E-state index is -0.291. The summed E-state index contributed by atoms with van der Waals surface area (Å²) in [6.07, 6.45) is 2.85. The molecule has 3 rings (SSSR count). The van der Waals surface area contributed by atoms with Crippen LogP contribution in [0.5, 0.6) is 0 Å². The van der Waals surface area contributed by atoms with Crippen LogP contribution in [0.15, 0.2) is 90.0 Å². The number of rotatable bonds is 8. The predicted molar refractivity (Wildman–Crippen MR) is 121 cm³/mol. The van der Waals surface area contributed by atoms with Crippen molar-refractivity contribution in [3.05, 3.63) is 102 Å². The molecule has 0 spiro atoms. The highest BCUT2D eigenvalue weighted by Crippen LogP contribution is 2.12. The second-order valence-electron chi connectivity index (χ2n) is 6.87. The van der Waals surface area contributed by atoms with E-state index in [4.69, 9.17) is 0 Å². The number of benzene rings is 3. The first-order chi connectivity index (χ1) is 14.7. The van der Waals surface area contributed by atoms with Crippen molar-refractivity contribution in [2.24, 2.45) is 5.10 Å². The minimum absolute atomic E-state index is 0.194. The molecule has 2 amide bonds. The molecule has 5 heteroatoms. The Morgan fingerprint density at radius 3 is 1.90 bits per heavy atom. The van der Waals surface area contributed by atoms with E-state index in [0.29, 0.717) is 16.8 Å². The van der Waals surface area contributed by atoms with E-state index in [0.717, 1.165) is 30.5 Å². The third kappa shape index (κ3) is 5.88. The van der Waals surface area contributed by atoms with Crippen molar-refractivity contribution in [1.82, 2.24) is 5.43 Å². The van der Waals surface area contributed by atoms with Gasteiger partial charge >= 0.3 is 0 Å². The largest absolute Gasteiger partial charge is 0.322 e. The second-order valence-corrected chi connectivity index (χ2v) is 6.87. The quantitative estimate of drug-likeness (QED) is 0.400. The number of carbonyl (C=O) groups excluding carboxylic acids is 2. The average Bonchev–Trinajstić information content (AvgIpc) is 2.80. The molecule has 0 aliphatic carbocycles. The third-order valence-electron chi connectivity index (χ3n) is 4.61. The van der Waals surface area contributed by atoms with Gasteiger partial charge in [-0.05, 0) is 54.8 Å². The molecule has 30 heavy (non-hydrogen) atoms. The molecule has 0 saturated carbocycles. The molecule has 152 valence electrons. The Labute approximate surface area is 176 Å². The van der Waals surface area contributed by atoms with E-state index >= 15 is 0 Å². The molecule has 0 bridgehead atoms. The van der Waals surface area contributed by atoms with Crippen molar-refractivity contribution in [3.63, 3.8) is 0 Å². The van der Waals surface area contributed by atoms with Gasteiger partial charge in [0, 0.05) is 16.8 Å². The number of amides is 2. The van der Waals surface area contributed by atoms with Crippen molar-refractivity contribution in [2.75, 3.05) is 5.32 Å². The number of hydrogen-bond donors (Lipinski definition) is 2. The summed E-state index contributed by atoms with van der Waals surface area (Å²) in [7, 11) is 0. The van der Waals surface area contributed by atoms with Crippen molar-refractivity contribution >= 4 is 23.2 Å². The van der Waals surface area contributed by atoms with Gasteiger partial charge in [0.15, 0.2) is 0 Å². The Morgan fingerprint density at radius 2 is 1.30 bits per heavy atom. The molecule has 0 unspecified atom stereocenters. The van der Waals surface area contributed by atoms with Crippen LogP contribution >= 0.6 is 0 Å². The molecular formula is C25H25N3O2. The Hall–Kier alpha value is -3.73. The van der Waals surface area contributed by atoms with Crippen LogP contribution in [0.4, 0.5) is 5.69 Å². The van der Waals surface area contributed by atoms with Crippen LogP contribution in [0.1, 0.15) is 52.5 Å². The maximum Gasteiger partial charge on any atom is 0.271 e. The van der Waals surface area contributed by atoms with E-state index in [9.17, 15) is 9.59 Å². The summed E-state index contributed by atoms with van der Waals surface area (Å²) < 4.78 is 0. The van der Waals surface area contributed by atoms with E-state index in [1.54, 1.807) is 36.4 Å². The van der Waals surface area contributed by atoms with Crippen LogP contribution in [0, 0.1) is 0 Å². The zero-order chi connectivity index (χ0) is 21.2. The minimum Gasteiger partial charge on any atom is -0.322 e. The molecule has 0 radical (unpaired) electrons. The van der Waals surface area contributed by atoms with E-state index in [-0.39, 0.29) is 11.8 Å². The Balaban J connectivity index is 1.64. The van der Waals surface area contributed by atoms with E-state index in [1.165, 1.54) is 0 Å². The smallest absolute Gasteiger partial charge is 0.271 e. The van der Waals surface area contributed by atoms with Crippen LogP contribution in [0.3, 0.4) is 0 Å². The first kappa shape index (κ1) is 21.0. The van der Waals surface area contributed by atoms with Gasteiger partial charge in [-0.15, -0.1) is 0 Å². The van der Waals surface area contributed by atoms with E-state index in [2.05, 4.69) is 22.8 Å².